The first kappa shape index (κ1) is 18.1. The minimum absolute atomic E-state index is 0.00903. The Kier molecular flexibility index (Phi) is 5.22. The van der Waals surface area contributed by atoms with Crippen molar-refractivity contribution in [3.63, 3.8) is 0 Å². The molecule has 2 aromatic heterocycles. The molecule has 2 aliphatic heterocycles. The predicted molar refractivity (Wildman–Crippen MR) is 98.3 cm³/mol. The molecule has 2 aliphatic rings. The summed E-state index contributed by atoms with van der Waals surface area (Å²) in [6.07, 6.45) is 3.66. The molecule has 1 atom stereocenters. The van der Waals surface area contributed by atoms with E-state index in [1.807, 2.05) is 18.7 Å². The molecule has 4 rings (SSSR count). The highest BCUT2D eigenvalue weighted by Crippen LogP contribution is 2.36. The average molecular weight is 373 g/mol. The summed E-state index contributed by atoms with van der Waals surface area (Å²) in [5.41, 5.74) is 2.30. The van der Waals surface area contributed by atoms with Gasteiger partial charge in [-0.3, -0.25) is 14.4 Å². The van der Waals surface area contributed by atoms with Crippen LogP contribution in [0.5, 0.6) is 0 Å². The molecule has 2 saturated heterocycles. The number of nitrogens with zero attached hydrogens (tertiary/aromatic N) is 6. The van der Waals surface area contributed by atoms with Gasteiger partial charge in [-0.2, -0.15) is 0 Å². The van der Waals surface area contributed by atoms with E-state index in [1.165, 1.54) is 0 Å². The van der Waals surface area contributed by atoms with Crippen molar-refractivity contribution < 1.29 is 9.32 Å². The van der Waals surface area contributed by atoms with Gasteiger partial charge in [-0.05, 0) is 26.7 Å². The lowest BCUT2D eigenvalue weighted by atomic mass is 10.0. The number of piperazine rings is 1. The number of hydrogen-bond donors (Lipinski definition) is 1. The van der Waals surface area contributed by atoms with E-state index in [9.17, 15) is 4.79 Å². The zero-order valence-electron chi connectivity index (χ0n) is 16.0. The molecule has 2 aromatic rings. The number of aromatic nitrogens is 4. The molecule has 0 unspecified atom stereocenters. The summed E-state index contributed by atoms with van der Waals surface area (Å²) in [6.45, 7) is 10.4. The summed E-state index contributed by atoms with van der Waals surface area (Å²) in [5.74, 6) is 0.725. The predicted octanol–water partition coefficient (Wildman–Crippen LogP) is 0.765. The SMILES string of the molecule is Cc1noc(C)c1[C@@H]1CCCN1C(=O)c1cn(CCN2CCNCC2)nn1. The zero-order chi connectivity index (χ0) is 18.8. The van der Waals surface area contributed by atoms with Gasteiger partial charge < -0.3 is 14.7 Å². The number of nitrogens with one attached hydrogen (secondary N) is 1. The number of likely N-dealkylation sites (tertiary alicyclic amines) is 1. The number of rotatable bonds is 5. The lowest BCUT2D eigenvalue weighted by molar-refractivity contribution is 0.0728. The van der Waals surface area contributed by atoms with E-state index in [-0.39, 0.29) is 11.9 Å². The van der Waals surface area contributed by atoms with Gasteiger partial charge in [0, 0.05) is 44.8 Å². The molecule has 0 aromatic carbocycles. The molecule has 0 saturated carbocycles. The first-order valence-corrected chi connectivity index (χ1v) is 9.70. The third-order valence-electron chi connectivity index (χ3n) is 5.55. The number of carbonyl (C=O) groups excluding carboxylic acids is 1. The van der Waals surface area contributed by atoms with E-state index < -0.39 is 0 Å². The smallest absolute Gasteiger partial charge is 0.276 e. The maximum Gasteiger partial charge on any atom is 0.276 e. The fourth-order valence-electron chi connectivity index (χ4n) is 4.11. The van der Waals surface area contributed by atoms with Crippen molar-refractivity contribution in [1.82, 2.24) is 35.3 Å². The molecule has 2 fully saturated rings. The van der Waals surface area contributed by atoms with Crippen LogP contribution < -0.4 is 5.32 Å². The highest BCUT2D eigenvalue weighted by atomic mass is 16.5. The molecular weight excluding hydrogens is 346 g/mol. The summed E-state index contributed by atoms with van der Waals surface area (Å²) in [5, 5.41) is 15.7. The average Bonchev–Trinajstić information content (AvgIpc) is 3.41. The van der Waals surface area contributed by atoms with Crippen molar-refractivity contribution in [2.75, 3.05) is 39.3 Å². The Bertz CT molecular complexity index is 774. The maximum absolute atomic E-state index is 13.0. The Labute approximate surface area is 158 Å². The molecule has 0 bridgehead atoms. The van der Waals surface area contributed by atoms with E-state index in [0.29, 0.717) is 5.69 Å². The first-order valence-electron chi connectivity index (χ1n) is 9.70. The minimum atomic E-state index is -0.0640. The van der Waals surface area contributed by atoms with Crippen LogP contribution in [0.15, 0.2) is 10.7 Å². The minimum Gasteiger partial charge on any atom is -0.361 e. The van der Waals surface area contributed by atoms with E-state index in [0.717, 1.165) is 75.7 Å². The molecule has 1 amide bonds. The van der Waals surface area contributed by atoms with Crippen molar-refractivity contribution in [2.45, 2.75) is 39.3 Å². The number of hydrogen-bond acceptors (Lipinski definition) is 7. The third kappa shape index (κ3) is 3.74. The third-order valence-corrected chi connectivity index (χ3v) is 5.55. The Morgan fingerprint density at radius 2 is 2.07 bits per heavy atom. The first-order chi connectivity index (χ1) is 13.1. The van der Waals surface area contributed by atoms with E-state index >= 15 is 0 Å². The summed E-state index contributed by atoms with van der Waals surface area (Å²) < 4.78 is 7.08. The van der Waals surface area contributed by atoms with Crippen LogP contribution in [0.2, 0.25) is 0 Å². The summed E-state index contributed by atoms with van der Waals surface area (Å²) in [7, 11) is 0. The molecule has 9 heteroatoms. The van der Waals surface area contributed by atoms with Gasteiger partial charge in [-0.15, -0.1) is 5.10 Å². The fourth-order valence-corrected chi connectivity index (χ4v) is 4.11. The zero-order valence-corrected chi connectivity index (χ0v) is 16.0. The van der Waals surface area contributed by atoms with Crippen LogP contribution >= 0.6 is 0 Å². The number of carbonyl (C=O) groups is 1. The van der Waals surface area contributed by atoms with Crippen LogP contribution in [0.25, 0.3) is 0 Å². The molecule has 0 aliphatic carbocycles. The van der Waals surface area contributed by atoms with Crippen LogP contribution in [0.4, 0.5) is 0 Å². The quantitative estimate of drug-likeness (QED) is 0.827. The molecule has 0 radical (unpaired) electrons. The summed E-state index contributed by atoms with van der Waals surface area (Å²) in [6, 6.07) is 0.00903. The van der Waals surface area contributed by atoms with Crippen molar-refractivity contribution in [3.8, 4) is 0 Å². The molecule has 9 nitrogen and oxygen atoms in total. The van der Waals surface area contributed by atoms with Crippen LogP contribution in [-0.2, 0) is 6.54 Å². The Hall–Kier alpha value is -2.26. The standard InChI is InChI=1S/C18H27N7O2/c1-13-17(14(2)27-21-13)16-4-3-7-25(16)18(26)15-12-24(22-20-15)11-10-23-8-5-19-6-9-23/h12,16,19H,3-11H2,1-2H3/t16-/m0/s1. The molecule has 27 heavy (non-hydrogen) atoms. The highest BCUT2D eigenvalue weighted by molar-refractivity contribution is 5.92. The monoisotopic (exact) mass is 373 g/mol. The number of aryl methyl sites for hydroxylation is 2. The van der Waals surface area contributed by atoms with Crippen molar-refractivity contribution in [2.24, 2.45) is 0 Å². The molecular formula is C18H27N7O2. The van der Waals surface area contributed by atoms with Gasteiger partial charge in [0.25, 0.3) is 5.91 Å². The van der Waals surface area contributed by atoms with Crippen LogP contribution in [0.1, 0.15) is 46.4 Å². The lowest BCUT2D eigenvalue weighted by Gasteiger charge is -2.26. The lowest BCUT2D eigenvalue weighted by Crippen LogP contribution is -2.44. The fraction of sp³-hybridized carbons (Fsp3) is 0.667. The van der Waals surface area contributed by atoms with Gasteiger partial charge in [0.1, 0.15) is 5.76 Å². The van der Waals surface area contributed by atoms with Gasteiger partial charge in [0.15, 0.2) is 5.69 Å². The van der Waals surface area contributed by atoms with Crippen molar-refractivity contribution in [3.05, 3.63) is 28.9 Å². The second kappa shape index (κ2) is 7.77. The number of amides is 1. The topological polar surface area (TPSA) is 92.3 Å². The van der Waals surface area contributed by atoms with Crippen molar-refractivity contribution in [1.29, 1.82) is 0 Å². The normalized spacial score (nSPS) is 21.1. The van der Waals surface area contributed by atoms with E-state index in [2.05, 4.69) is 25.7 Å². The van der Waals surface area contributed by atoms with Gasteiger partial charge in [-0.25, -0.2) is 0 Å². The Morgan fingerprint density at radius 1 is 1.26 bits per heavy atom. The Morgan fingerprint density at radius 3 is 2.81 bits per heavy atom. The summed E-state index contributed by atoms with van der Waals surface area (Å²) >= 11 is 0. The van der Waals surface area contributed by atoms with Crippen LogP contribution in [0, 0.1) is 13.8 Å². The van der Waals surface area contributed by atoms with Gasteiger partial charge >= 0.3 is 0 Å². The maximum atomic E-state index is 13.0. The van der Waals surface area contributed by atoms with E-state index in [1.54, 1.807) is 10.9 Å². The molecule has 0 spiro atoms. The molecule has 1 N–H and O–H groups in total. The van der Waals surface area contributed by atoms with Crippen molar-refractivity contribution >= 4 is 5.91 Å². The van der Waals surface area contributed by atoms with Gasteiger partial charge in [0.05, 0.1) is 24.5 Å². The highest BCUT2D eigenvalue weighted by Gasteiger charge is 2.35. The second-order valence-corrected chi connectivity index (χ2v) is 7.35. The molecule has 4 heterocycles. The summed E-state index contributed by atoms with van der Waals surface area (Å²) in [4.78, 5) is 17.3. The van der Waals surface area contributed by atoms with Gasteiger partial charge in [-0.1, -0.05) is 10.4 Å². The second-order valence-electron chi connectivity index (χ2n) is 7.35. The van der Waals surface area contributed by atoms with Gasteiger partial charge in [0.2, 0.25) is 0 Å². The van der Waals surface area contributed by atoms with Crippen LogP contribution in [-0.4, -0.2) is 75.1 Å². The Balaban J connectivity index is 1.42. The van der Waals surface area contributed by atoms with Crippen LogP contribution in [0.3, 0.4) is 0 Å². The largest absolute Gasteiger partial charge is 0.361 e. The molecule has 146 valence electrons. The van der Waals surface area contributed by atoms with E-state index in [4.69, 9.17) is 4.52 Å².